The van der Waals surface area contributed by atoms with Crippen molar-refractivity contribution in [1.29, 1.82) is 0 Å². The van der Waals surface area contributed by atoms with Crippen LogP contribution in [0.15, 0.2) is 42.5 Å². The summed E-state index contributed by atoms with van der Waals surface area (Å²) in [5, 5.41) is 18.3. The standard InChI is InChI=1S/C24H31N5O2/c1-29(2)23-18-7-4-5-8-20(18)27-24(28-23)26-17-13-11-16(12-14-17)25-15-19-21(30)9-6-10-22(19)31-3/h4-10,16-17,25,30H,11-15H2,1-3H3,(H,26,27,28)/t16-,17+. The number of hydrogen-bond acceptors (Lipinski definition) is 7. The minimum absolute atomic E-state index is 0.271. The number of ether oxygens (including phenoxy) is 1. The number of aromatic nitrogens is 2. The van der Waals surface area contributed by atoms with E-state index < -0.39 is 0 Å². The minimum atomic E-state index is 0.271. The number of rotatable bonds is 7. The van der Waals surface area contributed by atoms with E-state index in [9.17, 15) is 5.11 Å². The van der Waals surface area contributed by atoms with Crippen LogP contribution in [0.3, 0.4) is 0 Å². The first-order valence-corrected chi connectivity index (χ1v) is 10.8. The maximum absolute atomic E-state index is 10.1. The fraction of sp³-hybridized carbons (Fsp3) is 0.417. The molecule has 7 heteroatoms. The lowest BCUT2D eigenvalue weighted by molar-refractivity contribution is 0.344. The lowest BCUT2D eigenvalue weighted by Crippen LogP contribution is -2.37. The van der Waals surface area contributed by atoms with Crippen molar-refractivity contribution in [2.45, 2.75) is 44.3 Å². The first-order valence-electron chi connectivity index (χ1n) is 10.8. The quantitative estimate of drug-likeness (QED) is 0.533. The van der Waals surface area contributed by atoms with E-state index in [2.05, 4.69) is 16.7 Å². The number of phenolic OH excluding ortho intramolecular Hbond substituents is 1. The van der Waals surface area contributed by atoms with E-state index in [1.165, 1.54) is 0 Å². The highest BCUT2D eigenvalue weighted by Crippen LogP contribution is 2.29. The van der Waals surface area contributed by atoms with Gasteiger partial charge in [0, 0.05) is 43.7 Å². The molecule has 164 valence electrons. The van der Waals surface area contributed by atoms with Crippen molar-refractivity contribution in [3.63, 3.8) is 0 Å². The van der Waals surface area contributed by atoms with Gasteiger partial charge in [0.05, 0.1) is 12.6 Å². The van der Waals surface area contributed by atoms with Gasteiger partial charge in [0.1, 0.15) is 17.3 Å². The summed E-state index contributed by atoms with van der Waals surface area (Å²) < 4.78 is 5.38. The molecule has 1 heterocycles. The predicted octanol–water partition coefficient (Wildman–Crippen LogP) is 3.92. The molecule has 0 unspecified atom stereocenters. The topological polar surface area (TPSA) is 82.5 Å². The minimum Gasteiger partial charge on any atom is -0.507 e. The summed E-state index contributed by atoms with van der Waals surface area (Å²) in [6.45, 7) is 0.596. The first-order chi connectivity index (χ1) is 15.0. The Hall–Kier alpha value is -3.06. The normalized spacial score (nSPS) is 18.7. The average molecular weight is 422 g/mol. The summed E-state index contributed by atoms with van der Waals surface area (Å²) >= 11 is 0. The lowest BCUT2D eigenvalue weighted by atomic mass is 9.91. The summed E-state index contributed by atoms with van der Waals surface area (Å²) in [6, 6.07) is 14.3. The van der Waals surface area contributed by atoms with Gasteiger partial charge in [0.15, 0.2) is 0 Å². The van der Waals surface area contributed by atoms with Crippen molar-refractivity contribution < 1.29 is 9.84 Å². The number of phenols is 1. The number of methoxy groups -OCH3 is 1. The summed E-state index contributed by atoms with van der Waals surface area (Å²) in [6.07, 6.45) is 4.20. The Kier molecular flexibility index (Phi) is 6.42. The van der Waals surface area contributed by atoms with Crippen LogP contribution in [0.25, 0.3) is 10.9 Å². The third kappa shape index (κ3) is 4.82. The summed E-state index contributed by atoms with van der Waals surface area (Å²) in [7, 11) is 5.65. The average Bonchev–Trinajstić information content (AvgIpc) is 2.78. The predicted molar refractivity (Wildman–Crippen MR) is 125 cm³/mol. The summed E-state index contributed by atoms with van der Waals surface area (Å²) in [4.78, 5) is 11.5. The number of para-hydroxylation sites is 1. The molecule has 1 aliphatic carbocycles. The monoisotopic (exact) mass is 421 g/mol. The lowest BCUT2D eigenvalue weighted by Gasteiger charge is -2.30. The van der Waals surface area contributed by atoms with E-state index >= 15 is 0 Å². The molecule has 31 heavy (non-hydrogen) atoms. The molecule has 1 aromatic heterocycles. The van der Waals surface area contributed by atoms with Crippen LogP contribution in [0.1, 0.15) is 31.2 Å². The fourth-order valence-electron chi connectivity index (χ4n) is 4.26. The molecule has 3 N–H and O–H groups in total. The summed E-state index contributed by atoms with van der Waals surface area (Å²) in [5.41, 5.74) is 1.77. The second-order valence-electron chi connectivity index (χ2n) is 8.31. The first kappa shape index (κ1) is 21.2. The number of benzene rings is 2. The van der Waals surface area contributed by atoms with Gasteiger partial charge < -0.3 is 25.4 Å². The zero-order valence-corrected chi connectivity index (χ0v) is 18.4. The number of nitrogens with one attached hydrogen (secondary N) is 2. The molecular weight excluding hydrogens is 390 g/mol. The smallest absolute Gasteiger partial charge is 0.225 e. The Balaban J connectivity index is 1.36. The molecule has 0 aliphatic heterocycles. The zero-order valence-electron chi connectivity index (χ0n) is 18.4. The van der Waals surface area contributed by atoms with Crippen molar-refractivity contribution in [3.05, 3.63) is 48.0 Å². The van der Waals surface area contributed by atoms with Crippen molar-refractivity contribution in [3.8, 4) is 11.5 Å². The van der Waals surface area contributed by atoms with Crippen LogP contribution in [0.2, 0.25) is 0 Å². The molecule has 0 amide bonds. The van der Waals surface area contributed by atoms with Crippen LogP contribution < -0.4 is 20.3 Å². The van der Waals surface area contributed by atoms with Gasteiger partial charge in [-0.2, -0.15) is 4.98 Å². The van der Waals surface area contributed by atoms with E-state index in [0.717, 1.165) is 48.0 Å². The maximum Gasteiger partial charge on any atom is 0.225 e. The molecular formula is C24H31N5O2. The Morgan fingerprint density at radius 1 is 1.00 bits per heavy atom. The van der Waals surface area contributed by atoms with E-state index in [1.54, 1.807) is 19.2 Å². The molecule has 0 saturated heterocycles. The highest BCUT2D eigenvalue weighted by atomic mass is 16.5. The number of nitrogens with zero attached hydrogens (tertiary/aromatic N) is 3. The Morgan fingerprint density at radius 3 is 2.48 bits per heavy atom. The molecule has 7 nitrogen and oxygen atoms in total. The SMILES string of the molecule is COc1cccc(O)c1CN[C@H]1CC[C@@H](Nc2nc(N(C)C)c3ccccc3n2)CC1. The van der Waals surface area contributed by atoms with Crippen molar-refractivity contribution in [1.82, 2.24) is 15.3 Å². The van der Waals surface area contributed by atoms with Crippen LogP contribution in [-0.4, -0.2) is 48.4 Å². The van der Waals surface area contributed by atoms with Crippen molar-refractivity contribution in [2.75, 3.05) is 31.4 Å². The van der Waals surface area contributed by atoms with Crippen LogP contribution in [0, 0.1) is 0 Å². The van der Waals surface area contributed by atoms with Gasteiger partial charge in [-0.15, -0.1) is 0 Å². The van der Waals surface area contributed by atoms with E-state index in [1.807, 2.05) is 43.3 Å². The molecule has 2 aromatic carbocycles. The Bertz CT molecular complexity index is 1030. The molecule has 0 atom stereocenters. The molecule has 4 rings (SSSR count). The highest BCUT2D eigenvalue weighted by molar-refractivity contribution is 5.90. The second kappa shape index (κ2) is 9.39. The van der Waals surface area contributed by atoms with Gasteiger partial charge in [-0.3, -0.25) is 0 Å². The molecule has 0 radical (unpaired) electrons. The number of fused-ring (bicyclic) bond motifs is 1. The molecule has 1 aliphatic rings. The zero-order chi connectivity index (χ0) is 21.8. The Morgan fingerprint density at radius 2 is 1.74 bits per heavy atom. The molecule has 0 bridgehead atoms. The van der Waals surface area contributed by atoms with Crippen molar-refractivity contribution in [2.24, 2.45) is 0 Å². The van der Waals surface area contributed by atoms with Gasteiger partial charge in [-0.1, -0.05) is 18.2 Å². The van der Waals surface area contributed by atoms with Crippen LogP contribution >= 0.6 is 0 Å². The molecule has 1 fully saturated rings. The van der Waals surface area contributed by atoms with Gasteiger partial charge in [-0.05, 0) is 49.9 Å². The third-order valence-corrected chi connectivity index (χ3v) is 5.96. The van der Waals surface area contributed by atoms with Crippen LogP contribution in [0.4, 0.5) is 11.8 Å². The maximum atomic E-state index is 10.1. The molecule has 1 saturated carbocycles. The number of hydrogen-bond donors (Lipinski definition) is 3. The number of anilines is 2. The molecule has 3 aromatic rings. The Labute approximate surface area is 183 Å². The number of aromatic hydroxyl groups is 1. The van der Waals surface area contributed by atoms with Gasteiger partial charge >= 0.3 is 0 Å². The van der Waals surface area contributed by atoms with Gasteiger partial charge in [0.25, 0.3) is 0 Å². The van der Waals surface area contributed by atoms with Crippen LogP contribution in [0.5, 0.6) is 11.5 Å². The third-order valence-electron chi connectivity index (χ3n) is 5.96. The molecule has 0 spiro atoms. The summed E-state index contributed by atoms with van der Waals surface area (Å²) in [5.74, 6) is 2.61. The van der Waals surface area contributed by atoms with Gasteiger partial charge in [0.2, 0.25) is 5.95 Å². The second-order valence-corrected chi connectivity index (χ2v) is 8.31. The largest absolute Gasteiger partial charge is 0.507 e. The van der Waals surface area contributed by atoms with Crippen LogP contribution in [-0.2, 0) is 6.54 Å². The van der Waals surface area contributed by atoms with E-state index in [-0.39, 0.29) is 5.75 Å². The highest BCUT2D eigenvalue weighted by Gasteiger charge is 2.22. The van der Waals surface area contributed by atoms with Crippen molar-refractivity contribution >= 4 is 22.7 Å². The van der Waals surface area contributed by atoms with E-state index in [4.69, 9.17) is 14.7 Å². The van der Waals surface area contributed by atoms with Gasteiger partial charge in [-0.25, -0.2) is 4.98 Å². The fourth-order valence-corrected chi connectivity index (χ4v) is 4.26. The van der Waals surface area contributed by atoms with E-state index in [0.29, 0.717) is 30.3 Å².